The summed E-state index contributed by atoms with van der Waals surface area (Å²) >= 11 is 0. The molecule has 0 N–H and O–H groups in total. The van der Waals surface area contributed by atoms with Crippen LogP contribution in [0, 0.1) is 23.5 Å². The zero-order valence-corrected chi connectivity index (χ0v) is 16.6. The average Bonchev–Trinajstić information content (AvgIpc) is 2.62. The van der Waals surface area contributed by atoms with Crippen molar-refractivity contribution in [2.24, 2.45) is 11.8 Å². The summed E-state index contributed by atoms with van der Waals surface area (Å²) in [5, 5.41) is 0. The fourth-order valence-electron chi connectivity index (χ4n) is 4.15. The van der Waals surface area contributed by atoms with Crippen LogP contribution in [0.25, 0.3) is 0 Å². The number of allylic oxidation sites excluding steroid dienone is 2. The normalized spacial score (nSPS) is 20.8. The van der Waals surface area contributed by atoms with E-state index in [2.05, 4.69) is 19.1 Å². The highest BCUT2D eigenvalue weighted by molar-refractivity contribution is 5.28. The number of aryl methyl sites for hydroxylation is 1. The Hall–Kier alpha value is -1.39. The first-order valence-electron chi connectivity index (χ1n) is 10.5. The molecule has 0 saturated heterocycles. The highest BCUT2D eigenvalue weighted by Gasteiger charge is 2.37. The van der Waals surface area contributed by atoms with Gasteiger partial charge in [-0.2, -0.15) is 13.2 Å². The van der Waals surface area contributed by atoms with E-state index in [1.165, 1.54) is 32.1 Å². The fourth-order valence-corrected chi connectivity index (χ4v) is 4.15. The fraction of sp³-hybridized carbons (Fsp3) is 0.652. The van der Waals surface area contributed by atoms with Crippen molar-refractivity contribution < 1.29 is 22.0 Å². The number of hydrogen-bond acceptors (Lipinski definition) is 0. The third kappa shape index (κ3) is 7.21. The minimum Gasteiger partial charge on any atom is -0.206 e. The minimum absolute atomic E-state index is 0.309. The topological polar surface area (TPSA) is 0 Å². The van der Waals surface area contributed by atoms with E-state index >= 15 is 0 Å². The number of halogens is 5. The van der Waals surface area contributed by atoms with Gasteiger partial charge in [-0.15, -0.1) is 0 Å². The molecule has 0 aromatic heterocycles. The van der Waals surface area contributed by atoms with E-state index in [9.17, 15) is 22.0 Å². The molecule has 1 saturated carbocycles. The SMILES string of the molecule is CCC/C=C/CCCC1CCC(CCc2cc(F)c(C(F)(F)F)c(F)c2)CC1. The molecule has 1 fully saturated rings. The van der Waals surface area contributed by atoms with Gasteiger partial charge in [0.25, 0.3) is 0 Å². The van der Waals surface area contributed by atoms with Gasteiger partial charge < -0.3 is 0 Å². The molecule has 0 amide bonds. The summed E-state index contributed by atoms with van der Waals surface area (Å²) in [5.41, 5.74) is -1.48. The lowest BCUT2D eigenvalue weighted by molar-refractivity contribution is -0.142. The summed E-state index contributed by atoms with van der Waals surface area (Å²) in [6.45, 7) is 2.17. The molecular weight excluding hydrogens is 371 g/mol. The lowest BCUT2D eigenvalue weighted by Crippen LogP contribution is -2.15. The van der Waals surface area contributed by atoms with Crippen LogP contribution in [0.15, 0.2) is 24.3 Å². The molecule has 1 aliphatic rings. The monoisotopic (exact) mass is 402 g/mol. The van der Waals surface area contributed by atoms with Crippen molar-refractivity contribution in [3.05, 3.63) is 47.0 Å². The van der Waals surface area contributed by atoms with Crippen LogP contribution in [0.3, 0.4) is 0 Å². The van der Waals surface area contributed by atoms with Crippen molar-refractivity contribution in [1.29, 1.82) is 0 Å². The van der Waals surface area contributed by atoms with Crippen LogP contribution in [-0.2, 0) is 12.6 Å². The predicted molar refractivity (Wildman–Crippen MR) is 103 cm³/mol. The first-order chi connectivity index (χ1) is 13.3. The van der Waals surface area contributed by atoms with Crippen molar-refractivity contribution in [3.8, 4) is 0 Å². The van der Waals surface area contributed by atoms with Gasteiger partial charge in [0.05, 0.1) is 0 Å². The molecular formula is C23H31F5. The number of benzene rings is 1. The van der Waals surface area contributed by atoms with E-state index in [0.29, 0.717) is 17.9 Å². The molecule has 0 atom stereocenters. The predicted octanol–water partition coefficient (Wildman–Crippen LogP) is 8.25. The quantitative estimate of drug-likeness (QED) is 0.222. The van der Waals surface area contributed by atoms with Gasteiger partial charge in [0.15, 0.2) is 0 Å². The molecule has 0 nitrogen and oxygen atoms in total. The highest BCUT2D eigenvalue weighted by Crippen LogP contribution is 2.36. The van der Waals surface area contributed by atoms with Gasteiger partial charge in [0.1, 0.15) is 17.2 Å². The molecule has 1 aromatic rings. The largest absolute Gasteiger partial charge is 0.422 e. The molecule has 28 heavy (non-hydrogen) atoms. The van der Waals surface area contributed by atoms with Crippen LogP contribution in [-0.4, -0.2) is 0 Å². The molecule has 1 aliphatic carbocycles. The third-order valence-corrected chi connectivity index (χ3v) is 5.80. The first kappa shape index (κ1) is 22.9. The number of alkyl halides is 3. The Morgan fingerprint density at radius 3 is 1.96 bits per heavy atom. The molecule has 1 aromatic carbocycles. The van der Waals surface area contributed by atoms with Crippen LogP contribution in [0.4, 0.5) is 22.0 Å². The summed E-state index contributed by atoms with van der Waals surface area (Å²) in [6.07, 6.45) is 11.2. The van der Waals surface area contributed by atoms with E-state index in [1.807, 2.05) is 0 Å². The maximum atomic E-state index is 13.7. The summed E-state index contributed by atoms with van der Waals surface area (Å²) in [4.78, 5) is 0. The molecule has 2 rings (SSSR count). The summed E-state index contributed by atoms with van der Waals surface area (Å²) in [5.74, 6) is -1.77. The van der Waals surface area contributed by atoms with E-state index in [-0.39, 0.29) is 0 Å². The second-order valence-corrected chi connectivity index (χ2v) is 8.05. The molecule has 0 bridgehead atoms. The zero-order valence-electron chi connectivity index (χ0n) is 16.6. The Morgan fingerprint density at radius 1 is 0.893 bits per heavy atom. The average molecular weight is 402 g/mol. The molecule has 0 unspecified atom stereocenters. The van der Waals surface area contributed by atoms with Crippen LogP contribution in [0.1, 0.15) is 82.3 Å². The van der Waals surface area contributed by atoms with Gasteiger partial charge in [-0.25, -0.2) is 8.78 Å². The van der Waals surface area contributed by atoms with Gasteiger partial charge in [-0.3, -0.25) is 0 Å². The first-order valence-corrected chi connectivity index (χ1v) is 10.5. The highest BCUT2D eigenvalue weighted by atomic mass is 19.4. The van der Waals surface area contributed by atoms with E-state index in [0.717, 1.165) is 50.2 Å². The van der Waals surface area contributed by atoms with Crippen LogP contribution in [0.2, 0.25) is 0 Å². The van der Waals surface area contributed by atoms with Gasteiger partial charge >= 0.3 is 6.18 Å². The lowest BCUT2D eigenvalue weighted by atomic mass is 9.78. The lowest BCUT2D eigenvalue weighted by Gasteiger charge is -2.28. The van der Waals surface area contributed by atoms with Crippen LogP contribution >= 0.6 is 0 Å². The van der Waals surface area contributed by atoms with Crippen molar-refractivity contribution >= 4 is 0 Å². The van der Waals surface area contributed by atoms with Crippen LogP contribution < -0.4 is 0 Å². The molecule has 158 valence electrons. The third-order valence-electron chi connectivity index (χ3n) is 5.80. The number of hydrogen-bond donors (Lipinski definition) is 0. The maximum Gasteiger partial charge on any atom is 0.422 e. The molecule has 0 aliphatic heterocycles. The Morgan fingerprint density at radius 2 is 1.43 bits per heavy atom. The summed E-state index contributed by atoms with van der Waals surface area (Å²) in [7, 11) is 0. The van der Waals surface area contributed by atoms with Crippen LogP contribution in [0.5, 0.6) is 0 Å². The van der Waals surface area contributed by atoms with Crippen molar-refractivity contribution in [2.75, 3.05) is 0 Å². The van der Waals surface area contributed by atoms with Gasteiger partial charge in [0, 0.05) is 0 Å². The van der Waals surface area contributed by atoms with Gasteiger partial charge in [0.2, 0.25) is 0 Å². The Labute approximate surface area is 165 Å². The smallest absolute Gasteiger partial charge is 0.206 e. The van der Waals surface area contributed by atoms with E-state index < -0.39 is 23.4 Å². The second-order valence-electron chi connectivity index (χ2n) is 8.05. The van der Waals surface area contributed by atoms with Gasteiger partial charge in [-0.05, 0) is 61.6 Å². The molecule has 0 spiro atoms. The summed E-state index contributed by atoms with van der Waals surface area (Å²) < 4.78 is 65.3. The van der Waals surface area contributed by atoms with Gasteiger partial charge in [-0.1, -0.05) is 57.6 Å². The Balaban J connectivity index is 1.73. The Bertz CT molecular complexity index is 601. The van der Waals surface area contributed by atoms with Crippen molar-refractivity contribution in [2.45, 2.75) is 83.7 Å². The van der Waals surface area contributed by atoms with Crippen molar-refractivity contribution in [1.82, 2.24) is 0 Å². The summed E-state index contributed by atoms with van der Waals surface area (Å²) in [6, 6.07) is 1.67. The van der Waals surface area contributed by atoms with E-state index in [1.54, 1.807) is 0 Å². The minimum atomic E-state index is -5.00. The maximum absolute atomic E-state index is 13.7. The molecule has 5 heteroatoms. The van der Waals surface area contributed by atoms with Crippen molar-refractivity contribution in [3.63, 3.8) is 0 Å². The Kier molecular flexibility index (Phi) is 8.97. The molecule has 0 heterocycles. The zero-order chi connectivity index (χ0) is 20.6. The molecule has 0 radical (unpaired) electrons. The second kappa shape index (κ2) is 11.0. The van der Waals surface area contributed by atoms with E-state index in [4.69, 9.17) is 0 Å². The number of rotatable bonds is 9. The standard InChI is InChI=1S/C23H31F5/c1-2-3-4-5-6-7-8-17-9-11-18(12-10-17)13-14-19-15-20(24)22(21(25)16-19)23(26,27)28/h4-5,15-18H,2-3,6-14H2,1H3/b5-4+. The number of unbranched alkanes of at least 4 members (excludes halogenated alkanes) is 2.